The molecule has 0 fully saturated rings. The van der Waals surface area contributed by atoms with Crippen molar-refractivity contribution in [2.75, 3.05) is 0 Å². The Labute approximate surface area is 92.5 Å². The number of aromatic nitrogens is 2. The van der Waals surface area contributed by atoms with Gasteiger partial charge in [0, 0.05) is 12.8 Å². The van der Waals surface area contributed by atoms with Crippen LogP contribution in [0.3, 0.4) is 0 Å². The van der Waals surface area contributed by atoms with E-state index in [1.54, 1.807) is 0 Å². The van der Waals surface area contributed by atoms with Crippen LogP contribution in [0.1, 0.15) is 33.0 Å². The van der Waals surface area contributed by atoms with Crippen LogP contribution in [0.15, 0.2) is 4.34 Å². The summed E-state index contributed by atoms with van der Waals surface area (Å²) in [6, 6.07) is 0. The fourth-order valence-corrected chi connectivity index (χ4v) is 2.91. The highest BCUT2D eigenvalue weighted by molar-refractivity contribution is 8.02. The van der Waals surface area contributed by atoms with Gasteiger partial charge in [-0.2, -0.15) is 4.37 Å². The van der Waals surface area contributed by atoms with Crippen molar-refractivity contribution in [1.82, 2.24) is 9.36 Å². The summed E-state index contributed by atoms with van der Waals surface area (Å²) in [6.45, 7) is 5.83. The molecule has 1 heterocycles. The second kappa shape index (κ2) is 5.46. The molecular weight excluding hydrogens is 216 g/mol. The highest BCUT2D eigenvalue weighted by atomic mass is 32.2. The predicted molar refractivity (Wildman–Crippen MR) is 59.9 cm³/mol. The van der Waals surface area contributed by atoms with Gasteiger partial charge in [0.2, 0.25) is 0 Å². The SMILES string of the molecule is CCC(=O)C(C)Sc1nc(CC)ns1. The molecule has 1 aromatic rings. The molecule has 0 saturated carbocycles. The van der Waals surface area contributed by atoms with E-state index in [1.165, 1.54) is 23.3 Å². The number of thioether (sulfide) groups is 1. The summed E-state index contributed by atoms with van der Waals surface area (Å²) < 4.78 is 5.07. The molecule has 14 heavy (non-hydrogen) atoms. The molecule has 78 valence electrons. The maximum absolute atomic E-state index is 11.3. The maximum Gasteiger partial charge on any atom is 0.170 e. The first-order valence-corrected chi connectivity index (χ1v) is 6.34. The van der Waals surface area contributed by atoms with Crippen LogP contribution >= 0.6 is 23.3 Å². The van der Waals surface area contributed by atoms with Gasteiger partial charge in [0.1, 0.15) is 11.6 Å². The normalized spacial score (nSPS) is 12.8. The van der Waals surface area contributed by atoms with Crippen LogP contribution in [0.2, 0.25) is 0 Å². The fourth-order valence-electron chi connectivity index (χ4n) is 0.934. The van der Waals surface area contributed by atoms with Crippen molar-refractivity contribution in [3.05, 3.63) is 5.82 Å². The van der Waals surface area contributed by atoms with E-state index in [-0.39, 0.29) is 11.0 Å². The molecule has 0 aliphatic carbocycles. The Morgan fingerprint density at radius 2 is 2.29 bits per heavy atom. The number of carbonyl (C=O) groups excluding carboxylic acids is 1. The summed E-state index contributed by atoms with van der Waals surface area (Å²) in [5, 5.41) is -0.00217. The summed E-state index contributed by atoms with van der Waals surface area (Å²) in [6.07, 6.45) is 1.45. The van der Waals surface area contributed by atoms with Crippen LogP contribution in [-0.4, -0.2) is 20.4 Å². The van der Waals surface area contributed by atoms with E-state index in [1.807, 2.05) is 20.8 Å². The van der Waals surface area contributed by atoms with Gasteiger partial charge in [-0.3, -0.25) is 4.79 Å². The van der Waals surface area contributed by atoms with Crippen molar-refractivity contribution in [3.8, 4) is 0 Å². The number of nitrogens with zero attached hydrogens (tertiary/aromatic N) is 2. The van der Waals surface area contributed by atoms with Crippen LogP contribution in [0.4, 0.5) is 0 Å². The second-order valence-corrected chi connectivity index (χ2v) is 5.25. The summed E-state index contributed by atoms with van der Waals surface area (Å²) in [4.78, 5) is 15.6. The van der Waals surface area contributed by atoms with Crippen molar-refractivity contribution in [2.24, 2.45) is 0 Å². The van der Waals surface area contributed by atoms with E-state index < -0.39 is 0 Å². The van der Waals surface area contributed by atoms with Gasteiger partial charge in [0.25, 0.3) is 0 Å². The van der Waals surface area contributed by atoms with Gasteiger partial charge in [0.05, 0.1) is 5.25 Å². The molecule has 0 bridgehead atoms. The van der Waals surface area contributed by atoms with E-state index in [0.29, 0.717) is 6.42 Å². The third-order valence-corrected chi connectivity index (χ3v) is 3.82. The van der Waals surface area contributed by atoms with Crippen molar-refractivity contribution in [3.63, 3.8) is 0 Å². The molecular formula is C9H14N2OS2. The van der Waals surface area contributed by atoms with Crippen LogP contribution in [0.25, 0.3) is 0 Å². The topological polar surface area (TPSA) is 42.9 Å². The molecule has 0 aliphatic rings. The summed E-state index contributed by atoms with van der Waals surface area (Å²) >= 11 is 2.89. The molecule has 5 heteroatoms. The number of rotatable bonds is 5. The van der Waals surface area contributed by atoms with Crippen molar-refractivity contribution >= 4 is 29.1 Å². The zero-order valence-electron chi connectivity index (χ0n) is 8.61. The average Bonchev–Trinajstić information content (AvgIpc) is 2.64. The van der Waals surface area contributed by atoms with Gasteiger partial charge in [-0.15, -0.1) is 0 Å². The smallest absolute Gasteiger partial charge is 0.170 e. The van der Waals surface area contributed by atoms with Crippen molar-refractivity contribution < 1.29 is 4.79 Å². The Bertz CT molecular complexity index is 312. The monoisotopic (exact) mass is 230 g/mol. The lowest BCUT2D eigenvalue weighted by atomic mass is 10.2. The number of hydrogen-bond donors (Lipinski definition) is 0. The third kappa shape index (κ3) is 3.06. The quantitative estimate of drug-likeness (QED) is 0.729. The van der Waals surface area contributed by atoms with Gasteiger partial charge in [0.15, 0.2) is 4.34 Å². The molecule has 1 atom stereocenters. The van der Waals surface area contributed by atoms with Crippen LogP contribution < -0.4 is 0 Å². The first-order chi connectivity index (χ1) is 6.67. The first kappa shape index (κ1) is 11.7. The molecule has 0 N–H and O–H groups in total. The second-order valence-electron chi connectivity index (χ2n) is 2.91. The Balaban J connectivity index is 2.55. The summed E-state index contributed by atoms with van der Waals surface area (Å²) in [7, 11) is 0. The number of carbonyl (C=O) groups is 1. The minimum atomic E-state index is -0.00217. The minimum Gasteiger partial charge on any atom is -0.298 e. The Hall–Kier alpha value is -0.420. The van der Waals surface area contributed by atoms with E-state index in [4.69, 9.17) is 0 Å². The largest absolute Gasteiger partial charge is 0.298 e. The predicted octanol–water partition coefficient (Wildman–Crippen LogP) is 2.56. The minimum absolute atomic E-state index is 0.00217. The van der Waals surface area contributed by atoms with Gasteiger partial charge in [-0.05, 0) is 18.5 Å². The molecule has 0 saturated heterocycles. The fraction of sp³-hybridized carbons (Fsp3) is 0.667. The summed E-state index contributed by atoms with van der Waals surface area (Å²) in [5.41, 5.74) is 0. The first-order valence-electron chi connectivity index (χ1n) is 4.69. The molecule has 1 rings (SSSR count). The zero-order valence-corrected chi connectivity index (χ0v) is 10.2. The van der Waals surface area contributed by atoms with Crippen LogP contribution in [0.5, 0.6) is 0 Å². The molecule has 3 nitrogen and oxygen atoms in total. The molecule has 1 unspecified atom stereocenters. The van der Waals surface area contributed by atoms with Gasteiger partial charge in [-0.1, -0.05) is 25.6 Å². The van der Waals surface area contributed by atoms with Gasteiger partial charge < -0.3 is 0 Å². The molecule has 1 aromatic heterocycles. The highest BCUT2D eigenvalue weighted by Crippen LogP contribution is 2.25. The van der Waals surface area contributed by atoms with E-state index in [2.05, 4.69) is 9.36 Å². The molecule has 0 aliphatic heterocycles. The summed E-state index contributed by atoms with van der Waals surface area (Å²) in [5.74, 6) is 1.14. The van der Waals surface area contributed by atoms with E-state index in [0.717, 1.165) is 16.6 Å². The standard InChI is InChI=1S/C9H14N2OS2/c1-4-7(12)6(3)13-9-10-8(5-2)11-14-9/h6H,4-5H2,1-3H3. The van der Waals surface area contributed by atoms with Crippen LogP contribution in [0, 0.1) is 0 Å². The van der Waals surface area contributed by atoms with Gasteiger partial charge >= 0.3 is 0 Å². The van der Waals surface area contributed by atoms with E-state index >= 15 is 0 Å². The maximum atomic E-state index is 11.3. The van der Waals surface area contributed by atoms with Crippen molar-refractivity contribution in [2.45, 2.75) is 43.2 Å². The Morgan fingerprint density at radius 1 is 1.57 bits per heavy atom. The molecule has 0 aromatic carbocycles. The van der Waals surface area contributed by atoms with E-state index in [9.17, 15) is 4.79 Å². The zero-order chi connectivity index (χ0) is 10.6. The number of aryl methyl sites for hydroxylation is 1. The number of ketones is 1. The third-order valence-electron chi connectivity index (χ3n) is 1.85. The molecule has 0 radical (unpaired) electrons. The number of hydrogen-bond acceptors (Lipinski definition) is 5. The molecule has 0 spiro atoms. The lowest BCUT2D eigenvalue weighted by Crippen LogP contribution is -2.10. The lowest BCUT2D eigenvalue weighted by molar-refractivity contribution is -0.117. The molecule has 0 amide bonds. The van der Waals surface area contributed by atoms with Crippen LogP contribution in [-0.2, 0) is 11.2 Å². The highest BCUT2D eigenvalue weighted by Gasteiger charge is 2.14. The lowest BCUT2D eigenvalue weighted by Gasteiger charge is -2.04. The van der Waals surface area contributed by atoms with Gasteiger partial charge in [-0.25, -0.2) is 4.98 Å². The average molecular weight is 230 g/mol. The van der Waals surface area contributed by atoms with Crippen molar-refractivity contribution in [1.29, 1.82) is 0 Å². The Kier molecular flexibility index (Phi) is 4.54. The Morgan fingerprint density at radius 3 is 2.79 bits per heavy atom. The number of Topliss-reactive ketones (excluding diaryl/α,β-unsaturated/α-hetero) is 1.